The molecule has 1 aromatic carbocycles. The van der Waals surface area contributed by atoms with Gasteiger partial charge in [0.05, 0.1) is 6.20 Å². The van der Waals surface area contributed by atoms with E-state index in [4.69, 9.17) is 0 Å². The fraction of sp³-hybridized carbons (Fsp3) is 0.474. The molecule has 0 atom stereocenters. The lowest BCUT2D eigenvalue weighted by atomic mass is 10.1. The first-order valence-corrected chi connectivity index (χ1v) is 9.01. The molecule has 0 unspecified atom stereocenters. The van der Waals surface area contributed by atoms with Gasteiger partial charge in [0, 0.05) is 32.4 Å². The van der Waals surface area contributed by atoms with Gasteiger partial charge >= 0.3 is 6.61 Å². The molecule has 0 amide bonds. The van der Waals surface area contributed by atoms with E-state index in [1.165, 1.54) is 5.56 Å². The van der Waals surface area contributed by atoms with Crippen molar-refractivity contribution in [3.8, 4) is 5.75 Å². The predicted octanol–water partition coefficient (Wildman–Crippen LogP) is 3.97. The van der Waals surface area contributed by atoms with Crippen LogP contribution in [0.2, 0.25) is 0 Å². The number of H-pyrrole nitrogens is 1. The second-order valence-corrected chi connectivity index (χ2v) is 6.24. The summed E-state index contributed by atoms with van der Waals surface area (Å²) in [6.45, 7) is 3.32. The lowest BCUT2D eigenvalue weighted by Crippen LogP contribution is -2.38. The zero-order valence-corrected chi connectivity index (χ0v) is 18.7. The summed E-state index contributed by atoms with van der Waals surface area (Å²) in [6.07, 6.45) is 3.72. The van der Waals surface area contributed by atoms with Crippen LogP contribution in [0.3, 0.4) is 0 Å². The molecule has 156 valence electrons. The quantitative estimate of drug-likeness (QED) is 0.234. The number of rotatable bonds is 9. The normalized spacial score (nSPS) is 11.3. The Hall–Kier alpha value is -1.91. The van der Waals surface area contributed by atoms with E-state index >= 15 is 0 Å². The second-order valence-electron chi connectivity index (χ2n) is 6.24. The molecule has 2 rings (SSSR count). The molecule has 0 bridgehead atoms. The monoisotopic (exact) mass is 507 g/mol. The van der Waals surface area contributed by atoms with E-state index in [0.29, 0.717) is 13.1 Å². The van der Waals surface area contributed by atoms with E-state index in [1.807, 2.05) is 32.0 Å². The number of hydrogen-bond acceptors (Lipinski definition) is 3. The van der Waals surface area contributed by atoms with Crippen molar-refractivity contribution >= 4 is 29.9 Å². The van der Waals surface area contributed by atoms with Crippen LogP contribution in [0.1, 0.15) is 30.2 Å². The fourth-order valence-corrected chi connectivity index (χ4v) is 2.68. The summed E-state index contributed by atoms with van der Waals surface area (Å²) in [7, 11) is 1.95. The predicted molar refractivity (Wildman–Crippen MR) is 118 cm³/mol. The molecule has 28 heavy (non-hydrogen) atoms. The Balaban J connectivity index is 0.00000392. The molecule has 0 radical (unpaired) electrons. The number of halogens is 3. The standard InChI is InChI=1S/C19H27F2N5O.HI/c1-4-22-19(23-11-5-6-16-12-24-25-14(16)2)26(3)13-15-7-9-17(10-8-15)27-18(20)21;/h7-10,12,18H,4-6,11,13H2,1-3H3,(H,22,23)(H,24,25);1H. The molecule has 0 spiro atoms. The maximum Gasteiger partial charge on any atom is 0.387 e. The molecule has 0 aliphatic rings. The number of nitrogens with one attached hydrogen (secondary N) is 2. The molecule has 2 aromatic rings. The molecule has 1 heterocycles. The summed E-state index contributed by atoms with van der Waals surface area (Å²) >= 11 is 0. The third-order valence-electron chi connectivity index (χ3n) is 4.06. The van der Waals surface area contributed by atoms with Gasteiger partial charge in [-0.3, -0.25) is 10.1 Å². The van der Waals surface area contributed by atoms with Crippen LogP contribution in [0.5, 0.6) is 5.75 Å². The molecule has 2 N–H and O–H groups in total. The molecule has 0 aliphatic heterocycles. The maximum atomic E-state index is 12.2. The first kappa shape index (κ1) is 24.1. The van der Waals surface area contributed by atoms with Crippen LogP contribution in [0.25, 0.3) is 0 Å². The Morgan fingerprint density at radius 3 is 2.61 bits per heavy atom. The lowest BCUT2D eigenvalue weighted by molar-refractivity contribution is -0.0498. The number of guanidine groups is 1. The Morgan fingerprint density at radius 1 is 1.32 bits per heavy atom. The number of aryl methyl sites for hydroxylation is 2. The van der Waals surface area contributed by atoms with Gasteiger partial charge in [0.1, 0.15) is 5.75 Å². The Labute approximate surface area is 181 Å². The number of alkyl halides is 2. The van der Waals surface area contributed by atoms with Crippen molar-refractivity contribution in [2.75, 3.05) is 20.1 Å². The topological polar surface area (TPSA) is 65.5 Å². The van der Waals surface area contributed by atoms with Crippen LogP contribution in [-0.2, 0) is 13.0 Å². The molecular weight excluding hydrogens is 479 g/mol. The van der Waals surface area contributed by atoms with Crippen LogP contribution in [0, 0.1) is 6.92 Å². The van der Waals surface area contributed by atoms with E-state index in [-0.39, 0.29) is 29.7 Å². The highest BCUT2D eigenvalue weighted by molar-refractivity contribution is 14.0. The highest BCUT2D eigenvalue weighted by Crippen LogP contribution is 2.15. The molecule has 1 aromatic heterocycles. The van der Waals surface area contributed by atoms with Gasteiger partial charge in [0.25, 0.3) is 0 Å². The number of aromatic nitrogens is 2. The number of benzene rings is 1. The van der Waals surface area contributed by atoms with Crippen molar-refractivity contribution in [2.45, 2.75) is 39.8 Å². The molecule has 0 saturated heterocycles. The van der Waals surface area contributed by atoms with Gasteiger partial charge in [-0.05, 0) is 49.9 Å². The van der Waals surface area contributed by atoms with Crippen molar-refractivity contribution in [1.82, 2.24) is 20.4 Å². The highest BCUT2D eigenvalue weighted by Gasteiger charge is 2.08. The van der Waals surface area contributed by atoms with Gasteiger partial charge in [0.15, 0.2) is 5.96 Å². The molecule has 0 fully saturated rings. The number of aromatic amines is 1. The third-order valence-corrected chi connectivity index (χ3v) is 4.06. The molecule has 0 aliphatic carbocycles. The largest absolute Gasteiger partial charge is 0.435 e. The first-order chi connectivity index (χ1) is 13.0. The summed E-state index contributed by atoms with van der Waals surface area (Å²) in [5.74, 6) is 0.973. The number of ether oxygens (including phenoxy) is 1. The van der Waals surface area contributed by atoms with Crippen LogP contribution >= 0.6 is 24.0 Å². The van der Waals surface area contributed by atoms with E-state index in [2.05, 4.69) is 25.2 Å². The second kappa shape index (κ2) is 12.5. The van der Waals surface area contributed by atoms with Gasteiger partial charge < -0.3 is 15.0 Å². The van der Waals surface area contributed by atoms with Crippen LogP contribution in [0.15, 0.2) is 35.5 Å². The van der Waals surface area contributed by atoms with E-state index in [0.717, 1.165) is 36.6 Å². The molecule has 0 saturated carbocycles. The minimum Gasteiger partial charge on any atom is -0.435 e. The molecule has 6 nitrogen and oxygen atoms in total. The van der Waals surface area contributed by atoms with E-state index in [9.17, 15) is 8.78 Å². The van der Waals surface area contributed by atoms with Gasteiger partial charge in [-0.1, -0.05) is 12.1 Å². The van der Waals surface area contributed by atoms with Crippen molar-refractivity contribution in [1.29, 1.82) is 0 Å². The zero-order chi connectivity index (χ0) is 19.6. The molecular formula is C19H28F2IN5O. The Bertz CT molecular complexity index is 721. The summed E-state index contributed by atoms with van der Waals surface area (Å²) in [6, 6.07) is 6.65. The number of aliphatic imine (C=N–C) groups is 1. The van der Waals surface area contributed by atoms with Crippen molar-refractivity contribution in [3.63, 3.8) is 0 Å². The summed E-state index contributed by atoms with van der Waals surface area (Å²) in [5.41, 5.74) is 3.30. The van der Waals surface area contributed by atoms with E-state index < -0.39 is 6.61 Å². The Morgan fingerprint density at radius 2 is 2.04 bits per heavy atom. The summed E-state index contributed by atoms with van der Waals surface area (Å²) in [5, 5.41) is 10.3. The highest BCUT2D eigenvalue weighted by atomic mass is 127. The van der Waals surface area contributed by atoms with Crippen molar-refractivity contribution < 1.29 is 13.5 Å². The Kier molecular flexibility index (Phi) is 10.8. The maximum absolute atomic E-state index is 12.2. The van der Waals surface area contributed by atoms with Crippen LogP contribution in [0.4, 0.5) is 8.78 Å². The number of hydrogen-bond donors (Lipinski definition) is 2. The van der Waals surface area contributed by atoms with Crippen LogP contribution < -0.4 is 10.1 Å². The first-order valence-electron chi connectivity index (χ1n) is 9.01. The van der Waals surface area contributed by atoms with Crippen LogP contribution in [-0.4, -0.2) is 47.8 Å². The minimum absolute atomic E-state index is 0. The van der Waals surface area contributed by atoms with Gasteiger partial charge in [-0.15, -0.1) is 24.0 Å². The average Bonchev–Trinajstić information content (AvgIpc) is 3.04. The SMILES string of the molecule is CCNC(=NCCCc1cn[nH]c1C)N(C)Cc1ccc(OC(F)F)cc1.I. The van der Waals surface area contributed by atoms with Gasteiger partial charge in [0.2, 0.25) is 0 Å². The van der Waals surface area contributed by atoms with Gasteiger partial charge in [-0.2, -0.15) is 13.9 Å². The minimum atomic E-state index is -2.81. The lowest BCUT2D eigenvalue weighted by Gasteiger charge is -2.22. The summed E-state index contributed by atoms with van der Waals surface area (Å²) < 4.78 is 28.8. The summed E-state index contributed by atoms with van der Waals surface area (Å²) in [4.78, 5) is 6.68. The third kappa shape index (κ3) is 7.99. The fourth-order valence-electron chi connectivity index (χ4n) is 2.68. The smallest absolute Gasteiger partial charge is 0.387 e. The van der Waals surface area contributed by atoms with Gasteiger partial charge in [-0.25, -0.2) is 0 Å². The van der Waals surface area contributed by atoms with Crippen molar-refractivity contribution in [3.05, 3.63) is 47.3 Å². The molecule has 9 heteroatoms. The van der Waals surface area contributed by atoms with E-state index in [1.54, 1.807) is 24.3 Å². The van der Waals surface area contributed by atoms with Crippen molar-refractivity contribution in [2.24, 2.45) is 4.99 Å². The number of nitrogens with zero attached hydrogens (tertiary/aromatic N) is 3. The zero-order valence-electron chi connectivity index (χ0n) is 16.4. The average molecular weight is 507 g/mol.